The molecule has 0 saturated carbocycles. The summed E-state index contributed by atoms with van der Waals surface area (Å²) in [5, 5.41) is 9.29. The van der Waals surface area contributed by atoms with Gasteiger partial charge in [0.2, 0.25) is 0 Å². The van der Waals surface area contributed by atoms with Crippen molar-refractivity contribution in [1.82, 2.24) is 0 Å². The predicted molar refractivity (Wildman–Crippen MR) is 93.8 cm³/mol. The molecule has 132 valence electrons. The van der Waals surface area contributed by atoms with Crippen molar-refractivity contribution in [1.29, 1.82) is 0 Å². The summed E-state index contributed by atoms with van der Waals surface area (Å²) < 4.78 is 21.1. The molecule has 0 atom stereocenters. The number of ether oxygens (including phenoxy) is 4. The maximum atomic E-state index is 11.3. The van der Waals surface area contributed by atoms with E-state index in [1.165, 1.54) is 21.3 Å². The first-order valence-corrected chi connectivity index (χ1v) is 7.42. The fraction of sp³-hybridized carbons (Fsp3) is 0.211. The first kappa shape index (κ1) is 18.2. The molecule has 0 radical (unpaired) electrons. The predicted octanol–water partition coefficient (Wildman–Crippen LogP) is 3.24. The second-order valence-corrected chi connectivity index (χ2v) is 5.07. The van der Waals surface area contributed by atoms with E-state index in [1.54, 1.807) is 43.5 Å². The molecule has 25 heavy (non-hydrogen) atoms. The third-order valence-corrected chi connectivity index (χ3v) is 3.62. The zero-order valence-electron chi connectivity index (χ0n) is 14.5. The van der Waals surface area contributed by atoms with Crippen LogP contribution in [-0.2, 0) is 4.79 Å². The van der Waals surface area contributed by atoms with E-state index in [0.717, 1.165) is 6.08 Å². The Kier molecular flexibility index (Phi) is 5.89. The second kappa shape index (κ2) is 8.10. The molecule has 2 aromatic carbocycles. The normalized spacial score (nSPS) is 11.0. The van der Waals surface area contributed by atoms with Crippen molar-refractivity contribution in [2.45, 2.75) is 0 Å². The van der Waals surface area contributed by atoms with Crippen molar-refractivity contribution >= 4 is 11.5 Å². The molecule has 0 unspecified atom stereocenters. The molecule has 0 heterocycles. The fourth-order valence-corrected chi connectivity index (χ4v) is 2.42. The van der Waals surface area contributed by atoms with Crippen molar-refractivity contribution in [3.63, 3.8) is 0 Å². The number of aliphatic carboxylic acids is 1. The van der Waals surface area contributed by atoms with Gasteiger partial charge >= 0.3 is 5.97 Å². The van der Waals surface area contributed by atoms with Crippen molar-refractivity contribution in [3.8, 4) is 23.0 Å². The number of carboxylic acid groups (broad SMARTS) is 1. The largest absolute Gasteiger partial charge is 0.497 e. The second-order valence-electron chi connectivity index (χ2n) is 5.07. The van der Waals surface area contributed by atoms with Gasteiger partial charge in [0.25, 0.3) is 0 Å². The van der Waals surface area contributed by atoms with E-state index in [4.69, 9.17) is 18.9 Å². The molecule has 2 rings (SSSR count). The summed E-state index contributed by atoms with van der Waals surface area (Å²) in [4.78, 5) is 11.3. The number of carbonyl (C=O) groups is 1. The smallest absolute Gasteiger partial charge is 0.328 e. The van der Waals surface area contributed by atoms with E-state index in [0.29, 0.717) is 39.7 Å². The highest BCUT2D eigenvalue weighted by Gasteiger charge is 2.14. The number of benzene rings is 2. The number of rotatable bonds is 7. The van der Waals surface area contributed by atoms with Gasteiger partial charge in [0.05, 0.1) is 28.4 Å². The lowest BCUT2D eigenvalue weighted by atomic mass is 9.96. The highest BCUT2D eigenvalue weighted by Crippen LogP contribution is 2.35. The average Bonchev–Trinajstić information content (AvgIpc) is 2.64. The van der Waals surface area contributed by atoms with Gasteiger partial charge in [-0.1, -0.05) is 6.07 Å². The topological polar surface area (TPSA) is 74.2 Å². The van der Waals surface area contributed by atoms with E-state index in [-0.39, 0.29) is 0 Å². The van der Waals surface area contributed by atoms with Crippen LogP contribution in [0.2, 0.25) is 0 Å². The van der Waals surface area contributed by atoms with Gasteiger partial charge in [-0.2, -0.15) is 0 Å². The van der Waals surface area contributed by atoms with Crippen LogP contribution in [0.1, 0.15) is 11.1 Å². The zero-order valence-corrected chi connectivity index (χ0v) is 14.5. The van der Waals surface area contributed by atoms with Crippen LogP contribution in [0.15, 0.2) is 42.5 Å². The van der Waals surface area contributed by atoms with Gasteiger partial charge in [-0.3, -0.25) is 0 Å². The van der Waals surface area contributed by atoms with E-state index < -0.39 is 5.97 Å². The Balaban J connectivity index is 2.64. The molecule has 0 saturated heterocycles. The molecule has 0 bridgehead atoms. The van der Waals surface area contributed by atoms with E-state index >= 15 is 0 Å². The monoisotopic (exact) mass is 344 g/mol. The molecule has 2 aromatic rings. The van der Waals surface area contributed by atoms with Crippen molar-refractivity contribution in [2.24, 2.45) is 0 Å². The van der Waals surface area contributed by atoms with Crippen LogP contribution in [0.5, 0.6) is 23.0 Å². The highest BCUT2D eigenvalue weighted by molar-refractivity contribution is 5.96. The summed E-state index contributed by atoms with van der Waals surface area (Å²) >= 11 is 0. The molecule has 0 aliphatic heterocycles. The summed E-state index contributed by atoms with van der Waals surface area (Å²) in [6, 6.07) is 10.4. The van der Waals surface area contributed by atoms with Gasteiger partial charge in [-0.05, 0) is 41.0 Å². The zero-order chi connectivity index (χ0) is 18.4. The lowest BCUT2D eigenvalue weighted by Gasteiger charge is -2.14. The molecule has 6 nitrogen and oxygen atoms in total. The Hall–Kier alpha value is -3.15. The molecule has 0 aromatic heterocycles. The van der Waals surface area contributed by atoms with Gasteiger partial charge in [0, 0.05) is 12.1 Å². The fourth-order valence-electron chi connectivity index (χ4n) is 2.42. The summed E-state index contributed by atoms with van der Waals surface area (Å²) in [5.74, 6) is 1.12. The van der Waals surface area contributed by atoms with Crippen LogP contribution < -0.4 is 18.9 Å². The number of methoxy groups -OCH3 is 4. The maximum Gasteiger partial charge on any atom is 0.328 e. The van der Waals surface area contributed by atoms with Crippen LogP contribution in [0.25, 0.3) is 5.57 Å². The third kappa shape index (κ3) is 4.23. The summed E-state index contributed by atoms with van der Waals surface area (Å²) in [6.45, 7) is 0. The maximum absolute atomic E-state index is 11.3. The molecule has 1 N–H and O–H groups in total. The minimum absolute atomic E-state index is 0.491. The van der Waals surface area contributed by atoms with E-state index in [9.17, 15) is 9.90 Å². The first-order chi connectivity index (χ1) is 12.0. The van der Waals surface area contributed by atoms with E-state index in [1.807, 2.05) is 0 Å². The lowest BCUT2D eigenvalue weighted by Crippen LogP contribution is -1.98. The van der Waals surface area contributed by atoms with Gasteiger partial charge < -0.3 is 24.1 Å². The van der Waals surface area contributed by atoms with Gasteiger partial charge in [0.1, 0.15) is 11.5 Å². The number of hydrogen-bond acceptors (Lipinski definition) is 5. The quantitative estimate of drug-likeness (QED) is 0.777. The Morgan fingerprint density at radius 2 is 1.40 bits per heavy atom. The Bertz CT molecular complexity index is 772. The minimum Gasteiger partial charge on any atom is -0.497 e. The summed E-state index contributed by atoms with van der Waals surface area (Å²) in [5.41, 5.74) is 1.80. The minimum atomic E-state index is -1.06. The molecule has 0 spiro atoms. The Morgan fingerprint density at radius 3 is 1.88 bits per heavy atom. The van der Waals surface area contributed by atoms with Crippen molar-refractivity contribution in [2.75, 3.05) is 28.4 Å². The Labute approximate surface area is 146 Å². The molecule has 0 amide bonds. The standard InChI is InChI=1S/C19H20O6/c1-22-14-7-13(8-15(10-14)23-2)16(11-19(20)21)12-5-6-17(24-3)18(9-12)25-4/h5-11H,1-4H3,(H,20,21)/b16-11+. The van der Waals surface area contributed by atoms with Crippen LogP contribution in [-0.4, -0.2) is 39.5 Å². The number of hydrogen-bond donors (Lipinski definition) is 1. The van der Waals surface area contributed by atoms with Gasteiger partial charge in [0.15, 0.2) is 11.5 Å². The first-order valence-electron chi connectivity index (χ1n) is 7.42. The summed E-state index contributed by atoms with van der Waals surface area (Å²) in [6.07, 6.45) is 1.13. The van der Waals surface area contributed by atoms with Crippen LogP contribution >= 0.6 is 0 Å². The van der Waals surface area contributed by atoms with Crippen LogP contribution in [0.4, 0.5) is 0 Å². The van der Waals surface area contributed by atoms with Crippen molar-refractivity contribution < 1.29 is 28.8 Å². The molecular formula is C19H20O6. The molecule has 6 heteroatoms. The van der Waals surface area contributed by atoms with Crippen LogP contribution in [0, 0.1) is 0 Å². The third-order valence-electron chi connectivity index (χ3n) is 3.62. The highest BCUT2D eigenvalue weighted by atomic mass is 16.5. The molecule has 0 aliphatic carbocycles. The Morgan fingerprint density at radius 1 is 0.800 bits per heavy atom. The van der Waals surface area contributed by atoms with Gasteiger partial charge in [-0.15, -0.1) is 0 Å². The van der Waals surface area contributed by atoms with Crippen LogP contribution in [0.3, 0.4) is 0 Å². The molecule has 0 fully saturated rings. The summed E-state index contributed by atoms with van der Waals surface area (Å²) in [7, 11) is 6.14. The average molecular weight is 344 g/mol. The van der Waals surface area contributed by atoms with E-state index in [2.05, 4.69) is 0 Å². The molecule has 0 aliphatic rings. The number of carboxylic acids is 1. The van der Waals surface area contributed by atoms with Gasteiger partial charge in [-0.25, -0.2) is 4.79 Å². The molecular weight excluding hydrogens is 324 g/mol. The van der Waals surface area contributed by atoms with Crippen molar-refractivity contribution in [3.05, 3.63) is 53.6 Å². The lowest BCUT2D eigenvalue weighted by molar-refractivity contribution is -0.131. The SMILES string of the molecule is COc1cc(OC)cc(/C(=C/C(=O)O)c2ccc(OC)c(OC)c2)c1.